The van der Waals surface area contributed by atoms with Crippen LogP contribution in [0.25, 0.3) is 0 Å². The van der Waals surface area contributed by atoms with Crippen LogP contribution in [0.15, 0.2) is 12.4 Å². The highest BCUT2D eigenvalue weighted by molar-refractivity contribution is 5.93. The van der Waals surface area contributed by atoms with Crippen molar-refractivity contribution in [3.63, 3.8) is 0 Å². The zero-order chi connectivity index (χ0) is 17.6. The molecule has 1 aromatic rings. The Hall–Kier alpha value is -2.22. The quantitative estimate of drug-likeness (QED) is 0.865. The molecule has 2 amide bonds. The molecule has 0 aromatic carbocycles. The molecule has 0 radical (unpaired) electrons. The molecule has 25 heavy (non-hydrogen) atoms. The van der Waals surface area contributed by atoms with E-state index in [-0.39, 0.29) is 17.9 Å². The second kappa shape index (κ2) is 8.24. The summed E-state index contributed by atoms with van der Waals surface area (Å²) in [5.74, 6) is 0.489. The van der Waals surface area contributed by atoms with Crippen molar-refractivity contribution < 1.29 is 14.3 Å². The van der Waals surface area contributed by atoms with Crippen molar-refractivity contribution in [1.29, 1.82) is 0 Å². The van der Waals surface area contributed by atoms with E-state index in [4.69, 9.17) is 4.74 Å². The van der Waals surface area contributed by atoms with Crippen LogP contribution in [0.1, 0.15) is 36.5 Å². The molecule has 2 aliphatic heterocycles. The number of anilines is 1. The maximum atomic E-state index is 12.7. The molecule has 8 nitrogen and oxygen atoms in total. The lowest BCUT2D eigenvalue weighted by molar-refractivity contribution is -0.140. The Morgan fingerprint density at radius 2 is 1.88 bits per heavy atom. The molecule has 3 rings (SSSR count). The van der Waals surface area contributed by atoms with E-state index in [9.17, 15) is 9.59 Å². The molecule has 0 spiro atoms. The summed E-state index contributed by atoms with van der Waals surface area (Å²) in [6.07, 6.45) is 5.31. The predicted octanol–water partition coefficient (Wildman–Crippen LogP) is 0.762. The number of rotatable bonds is 4. The zero-order valence-electron chi connectivity index (χ0n) is 14.6. The van der Waals surface area contributed by atoms with Gasteiger partial charge in [0, 0.05) is 51.7 Å². The molecular weight excluding hydrogens is 322 g/mol. The second-order valence-electron chi connectivity index (χ2n) is 6.30. The van der Waals surface area contributed by atoms with Gasteiger partial charge in [0.05, 0.1) is 5.56 Å². The minimum atomic E-state index is -0.297. The molecule has 2 saturated heterocycles. The van der Waals surface area contributed by atoms with Crippen molar-refractivity contribution in [2.45, 2.75) is 32.3 Å². The largest absolute Gasteiger partial charge is 0.368 e. The van der Waals surface area contributed by atoms with E-state index in [0.717, 1.165) is 25.8 Å². The summed E-state index contributed by atoms with van der Waals surface area (Å²) in [7, 11) is 0. The summed E-state index contributed by atoms with van der Waals surface area (Å²) >= 11 is 0. The first kappa shape index (κ1) is 17.6. The molecule has 0 bridgehead atoms. The highest BCUT2D eigenvalue weighted by atomic mass is 16.5. The number of nitrogens with zero attached hydrogens (tertiary/aromatic N) is 4. The number of carbonyl (C=O) groups excluding carboxylic acids is 2. The Bertz CT molecular complexity index is 601. The van der Waals surface area contributed by atoms with Crippen molar-refractivity contribution >= 4 is 17.8 Å². The Balaban J connectivity index is 1.58. The van der Waals surface area contributed by atoms with Crippen molar-refractivity contribution in [2.24, 2.45) is 0 Å². The number of ether oxygens (including phenoxy) is 1. The normalized spacial score (nSPS) is 21.1. The van der Waals surface area contributed by atoms with Gasteiger partial charge in [-0.2, -0.15) is 0 Å². The topological polar surface area (TPSA) is 87.7 Å². The fourth-order valence-electron chi connectivity index (χ4n) is 3.19. The van der Waals surface area contributed by atoms with E-state index in [1.165, 1.54) is 0 Å². The lowest BCUT2D eigenvalue weighted by Crippen LogP contribution is -2.41. The van der Waals surface area contributed by atoms with Gasteiger partial charge in [0.2, 0.25) is 5.95 Å². The van der Waals surface area contributed by atoms with Crippen LogP contribution < -0.4 is 5.32 Å². The maximum absolute atomic E-state index is 12.7. The summed E-state index contributed by atoms with van der Waals surface area (Å²) < 4.78 is 5.49. The number of nitrogens with one attached hydrogen (secondary N) is 1. The van der Waals surface area contributed by atoms with Gasteiger partial charge in [-0.3, -0.25) is 9.59 Å². The number of hydrogen-bond acceptors (Lipinski definition) is 6. The highest BCUT2D eigenvalue weighted by Gasteiger charge is 2.30. The summed E-state index contributed by atoms with van der Waals surface area (Å²) in [5, 5.41) is 3.01. The standard InChI is InChI=1S/C17H25N5O3/c1-2-18-17-19-11-13(12-20-17)15(23)21-6-4-7-22(9-8-21)16(24)14-5-3-10-25-14/h11-12,14H,2-10H2,1H3,(H,18,19,20). The van der Waals surface area contributed by atoms with Crippen molar-refractivity contribution in [2.75, 3.05) is 44.6 Å². The molecule has 1 unspecified atom stereocenters. The van der Waals surface area contributed by atoms with Crippen LogP contribution in [0, 0.1) is 0 Å². The van der Waals surface area contributed by atoms with Gasteiger partial charge in [0.25, 0.3) is 11.8 Å². The average molecular weight is 347 g/mol. The molecule has 1 N–H and O–H groups in total. The summed E-state index contributed by atoms with van der Waals surface area (Å²) in [4.78, 5) is 37.0. The molecule has 0 saturated carbocycles. The molecule has 2 aliphatic rings. The van der Waals surface area contributed by atoms with Crippen molar-refractivity contribution in [1.82, 2.24) is 19.8 Å². The van der Waals surface area contributed by atoms with Gasteiger partial charge in [0.1, 0.15) is 6.10 Å². The van der Waals surface area contributed by atoms with Gasteiger partial charge in [-0.25, -0.2) is 9.97 Å². The first-order valence-corrected chi connectivity index (χ1v) is 8.94. The Morgan fingerprint density at radius 3 is 2.56 bits per heavy atom. The maximum Gasteiger partial charge on any atom is 0.257 e. The molecule has 3 heterocycles. The van der Waals surface area contributed by atoms with E-state index < -0.39 is 0 Å². The summed E-state index contributed by atoms with van der Waals surface area (Å²) in [6, 6.07) is 0. The number of amides is 2. The third-order valence-electron chi connectivity index (χ3n) is 4.53. The van der Waals surface area contributed by atoms with Crippen LogP contribution in [0.2, 0.25) is 0 Å². The third-order valence-corrected chi connectivity index (χ3v) is 4.53. The molecular formula is C17H25N5O3. The minimum Gasteiger partial charge on any atom is -0.368 e. The van der Waals surface area contributed by atoms with E-state index in [1.807, 2.05) is 11.8 Å². The number of aromatic nitrogens is 2. The van der Waals surface area contributed by atoms with Crippen LogP contribution in [0.5, 0.6) is 0 Å². The Morgan fingerprint density at radius 1 is 1.16 bits per heavy atom. The fraction of sp³-hybridized carbons (Fsp3) is 0.647. The lowest BCUT2D eigenvalue weighted by atomic mass is 10.2. The van der Waals surface area contributed by atoms with E-state index in [2.05, 4.69) is 15.3 Å². The van der Waals surface area contributed by atoms with Crippen molar-refractivity contribution in [3.8, 4) is 0 Å². The molecule has 136 valence electrons. The van der Waals surface area contributed by atoms with E-state index >= 15 is 0 Å². The molecule has 8 heteroatoms. The van der Waals surface area contributed by atoms with Gasteiger partial charge >= 0.3 is 0 Å². The monoisotopic (exact) mass is 347 g/mol. The van der Waals surface area contributed by atoms with E-state index in [0.29, 0.717) is 44.3 Å². The fourth-order valence-corrected chi connectivity index (χ4v) is 3.19. The van der Waals surface area contributed by atoms with Crippen LogP contribution in [0.4, 0.5) is 5.95 Å². The highest BCUT2D eigenvalue weighted by Crippen LogP contribution is 2.16. The van der Waals surface area contributed by atoms with Gasteiger partial charge in [0.15, 0.2) is 0 Å². The first-order valence-electron chi connectivity index (χ1n) is 8.94. The van der Waals surface area contributed by atoms with Crippen LogP contribution in [-0.2, 0) is 9.53 Å². The summed E-state index contributed by atoms with van der Waals surface area (Å²) in [5.41, 5.74) is 0.473. The van der Waals surface area contributed by atoms with Crippen molar-refractivity contribution in [3.05, 3.63) is 18.0 Å². The van der Waals surface area contributed by atoms with Gasteiger partial charge in [-0.05, 0) is 26.2 Å². The average Bonchev–Trinajstić information content (AvgIpc) is 3.06. The molecule has 2 fully saturated rings. The van der Waals surface area contributed by atoms with Gasteiger partial charge in [-0.1, -0.05) is 0 Å². The molecule has 1 aromatic heterocycles. The number of carbonyl (C=O) groups is 2. The molecule has 0 aliphatic carbocycles. The lowest BCUT2D eigenvalue weighted by Gasteiger charge is -2.24. The SMILES string of the molecule is CCNc1ncc(C(=O)N2CCCN(C(=O)C3CCCO3)CC2)cn1. The second-order valence-corrected chi connectivity index (χ2v) is 6.30. The summed E-state index contributed by atoms with van der Waals surface area (Å²) in [6.45, 7) is 5.71. The smallest absolute Gasteiger partial charge is 0.257 e. The molecule has 1 atom stereocenters. The Labute approximate surface area is 147 Å². The predicted molar refractivity (Wildman–Crippen MR) is 92.3 cm³/mol. The van der Waals surface area contributed by atoms with Gasteiger partial charge in [-0.15, -0.1) is 0 Å². The van der Waals surface area contributed by atoms with Crippen LogP contribution >= 0.6 is 0 Å². The number of hydrogen-bond donors (Lipinski definition) is 1. The zero-order valence-corrected chi connectivity index (χ0v) is 14.6. The third kappa shape index (κ3) is 4.25. The first-order chi connectivity index (χ1) is 12.2. The minimum absolute atomic E-state index is 0.0603. The van der Waals surface area contributed by atoms with Crippen LogP contribution in [-0.4, -0.2) is 77.0 Å². The van der Waals surface area contributed by atoms with Gasteiger partial charge < -0.3 is 19.9 Å². The Kier molecular flexibility index (Phi) is 5.80. The van der Waals surface area contributed by atoms with E-state index in [1.54, 1.807) is 17.3 Å². The van der Waals surface area contributed by atoms with Crippen LogP contribution in [0.3, 0.4) is 0 Å².